The molecule has 0 aliphatic carbocycles. The molecule has 1 amide bonds. The van der Waals surface area contributed by atoms with Gasteiger partial charge in [-0.15, -0.1) is 0 Å². The third kappa shape index (κ3) is 3.03. The van der Waals surface area contributed by atoms with Crippen LogP contribution in [0, 0.1) is 0 Å². The van der Waals surface area contributed by atoms with E-state index in [1.165, 1.54) is 5.56 Å². The molecule has 1 aliphatic rings. The van der Waals surface area contributed by atoms with Gasteiger partial charge in [-0.05, 0) is 51.2 Å². The van der Waals surface area contributed by atoms with Gasteiger partial charge in [-0.3, -0.25) is 4.79 Å². The summed E-state index contributed by atoms with van der Waals surface area (Å²) in [4.78, 5) is 11.4. The molecular weight excluding hydrogens is 417 g/mol. The fraction of sp³-hybridized carbons (Fsp3) is 0.188. The zero-order chi connectivity index (χ0) is 15.0. The number of aryl methyl sites for hydroxylation is 1. The molecule has 0 spiro atoms. The van der Waals surface area contributed by atoms with Crippen molar-refractivity contribution in [2.24, 2.45) is 0 Å². The third-order valence-electron chi connectivity index (χ3n) is 3.57. The summed E-state index contributed by atoms with van der Waals surface area (Å²) in [5.74, 6) is 0.0840. The van der Waals surface area contributed by atoms with Crippen molar-refractivity contribution >= 4 is 55.1 Å². The van der Waals surface area contributed by atoms with Gasteiger partial charge in [0.1, 0.15) is 0 Å². The second-order valence-electron chi connectivity index (χ2n) is 4.97. The van der Waals surface area contributed by atoms with Gasteiger partial charge in [-0.25, -0.2) is 0 Å². The normalized spacial score (nSPS) is 15.3. The maximum Gasteiger partial charge on any atom is 0.224 e. The van der Waals surface area contributed by atoms with Crippen LogP contribution < -0.4 is 5.32 Å². The Kier molecular flexibility index (Phi) is 4.38. The van der Waals surface area contributed by atoms with Gasteiger partial charge in [0.05, 0.1) is 9.85 Å². The van der Waals surface area contributed by atoms with Crippen LogP contribution in [0.1, 0.15) is 27.9 Å². The van der Waals surface area contributed by atoms with Crippen LogP contribution in [0.4, 0.5) is 5.69 Å². The highest BCUT2D eigenvalue weighted by molar-refractivity contribution is 9.10. The van der Waals surface area contributed by atoms with Crippen molar-refractivity contribution in [2.75, 3.05) is 5.32 Å². The van der Waals surface area contributed by atoms with Gasteiger partial charge >= 0.3 is 0 Å². The predicted octanol–water partition coefficient (Wildman–Crippen LogP) is 5.47. The van der Waals surface area contributed by atoms with Crippen LogP contribution in [0.3, 0.4) is 0 Å². The highest BCUT2D eigenvalue weighted by Gasteiger charge is 2.19. The van der Waals surface area contributed by atoms with Crippen molar-refractivity contribution < 1.29 is 4.79 Å². The number of hydrogen-bond acceptors (Lipinski definition) is 1. The van der Waals surface area contributed by atoms with Crippen molar-refractivity contribution in [1.82, 2.24) is 0 Å². The lowest BCUT2D eigenvalue weighted by Gasteiger charge is -2.20. The largest absolute Gasteiger partial charge is 0.326 e. The van der Waals surface area contributed by atoms with Gasteiger partial charge in [0, 0.05) is 16.6 Å². The van der Waals surface area contributed by atoms with Gasteiger partial charge in [0.2, 0.25) is 5.91 Å². The Morgan fingerprint density at radius 1 is 1.19 bits per heavy atom. The lowest BCUT2D eigenvalue weighted by Crippen LogP contribution is -2.19. The van der Waals surface area contributed by atoms with E-state index in [9.17, 15) is 4.79 Å². The molecule has 1 aliphatic heterocycles. The minimum absolute atomic E-state index is 0.0189. The van der Waals surface area contributed by atoms with E-state index in [1.807, 2.05) is 30.3 Å². The first-order chi connectivity index (χ1) is 10.1. The molecule has 0 fully saturated rings. The summed E-state index contributed by atoms with van der Waals surface area (Å²) < 4.78 is 0.886. The molecule has 1 heterocycles. The van der Waals surface area contributed by atoms with Crippen molar-refractivity contribution in [2.45, 2.75) is 17.7 Å². The summed E-state index contributed by atoms with van der Waals surface area (Å²) in [6.45, 7) is 0. The van der Waals surface area contributed by atoms with Gasteiger partial charge in [0.15, 0.2) is 0 Å². The molecule has 0 radical (unpaired) electrons. The summed E-state index contributed by atoms with van der Waals surface area (Å²) in [6.07, 6.45) is 1.32. The smallest absolute Gasteiger partial charge is 0.224 e. The molecule has 21 heavy (non-hydrogen) atoms. The molecule has 5 heteroatoms. The lowest BCUT2D eigenvalue weighted by molar-refractivity contribution is -0.116. The standard InChI is InChI=1S/C16H12Br2ClNO/c17-12-3-1-2-11(16(12)19)15(18)10-4-6-13-9(8-10)5-7-14(21)20-13/h1-4,6,8,15H,5,7H2,(H,20,21). The summed E-state index contributed by atoms with van der Waals surface area (Å²) in [6, 6.07) is 12.0. The monoisotopic (exact) mass is 427 g/mol. The average molecular weight is 430 g/mol. The molecular formula is C16H12Br2ClNO. The summed E-state index contributed by atoms with van der Waals surface area (Å²) in [5.41, 5.74) is 4.23. The third-order valence-corrected chi connectivity index (χ3v) is 5.90. The highest BCUT2D eigenvalue weighted by atomic mass is 79.9. The molecule has 0 saturated heterocycles. The number of hydrogen-bond donors (Lipinski definition) is 1. The van der Waals surface area contributed by atoms with Crippen LogP contribution in [0.5, 0.6) is 0 Å². The molecule has 2 nitrogen and oxygen atoms in total. The quantitative estimate of drug-likeness (QED) is 0.630. The zero-order valence-corrected chi connectivity index (χ0v) is 14.9. The molecule has 1 unspecified atom stereocenters. The maximum absolute atomic E-state index is 11.4. The van der Waals surface area contributed by atoms with Crippen molar-refractivity contribution in [1.29, 1.82) is 0 Å². The van der Waals surface area contributed by atoms with E-state index in [0.717, 1.165) is 27.7 Å². The van der Waals surface area contributed by atoms with E-state index in [0.29, 0.717) is 11.4 Å². The first-order valence-corrected chi connectivity index (χ1v) is 8.65. The van der Waals surface area contributed by atoms with Crippen molar-refractivity contribution in [3.63, 3.8) is 0 Å². The number of rotatable bonds is 2. The molecule has 3 rings (SSSR count). The number of anilines is 1. The van der Waals surface area contributed by atoms with E-state index in [2.05, 4.69) is 43.2 Å². The van der Waals surface area contributed by atoms with Crippen LogP contribution in [0.15, 0.2) is 40.9 Å². The van der Waals surface area contributed by atoms with Crippen LogP contribution in [-0.4, -0.2) is 5.91 Å². The second kappa shape index (κ2) is 6.11. The summed E-state index contributed by atoms with van der Waals surface area (Å²) in [5, 5.41) is 3.61. The van der Waals surface area contributed by atoms with Crippen LogP contribution in [0.2, 0.25) is 5.02 Å². The van der Waals surface area contributed by atoms with Gasteiger partial charge in [-0.2, -0.15) is 0 Å². The molecule has 1 atom stereocenters. The van der Waals surface area contributed by atoms with E-state index < -0.39 is 0 Å². The van der Waals surface area contributed by atoms with Gasteiger partial charge in [-0.1, -0.05) is 51.8 Å². The number of carbonyl (C=O) groups is 1. The van der Waals surface area contributed by atoms with Crippen LogP contribution in [0.25, 0.3) is 0 Å². The number of benzene rings is 2. The van der Waals surface area contributed by atoms with Gasteiger partial charge in [0.25, 0.3) is 0 Å². The topological polar surface area (TPSA) is 29.1 Å². The molecule has 0 bridgehead atoms. The number of fused-ring (bicyclic) bond motifs is 1. The maximum atomic E-state index is 11.4. The predicted molar refractivity (Wildman–Crippen MR) is 93.3 cm³/mol. The Hall–Kier alpha value is -0.840. The summed E-state index contributed by atoms with van der Waals surface area (Å²) >= 11 is 13.5. The number of amides is 1. The number of nitrogens with one attached hydrogen (secondary N) is 1. The number of alkyl halides is 1. The molecule has 1 N–H and O–H groups in total. The molecule has 2 aromatic carbocycles. The Morgan fingerprint density at radius 2 is 2.00 bits per heavy atom. The Morgan fingerprint density at radius 3 is 2.81 bits per heavy atom. The van der Waals surface area contributed by atoms with E-state index in [-0.39, 0.29) is 10.7 Å². The first-order valence-electron chi connectivity index (χ1n) is 6.57. The fourth-order valence-electron chi connectivity index (χ4n) is 2.46. The fourth-order valence-corrected chi connectivity index (χ4v) is 3.87. The van der Waals surface area contributed by atoms with E-state index in [4.69, 9.17) is 11.6 Å². The molecule has 0 saturated carbocycles. The number of halogens is 3. The molecule has 0 aromatic heterocycles. The minimum atomic E-state index is 0.0189. The Balaban J connectivity index is 1.97. The minimum Gasteiger partial charge on any atom is -0.326 e. The Labute approximate surface area is 145 Å². The molecule has 108 valence electrons. The highest BCUT2D eigenvalue weighted by Crippen LogP contribution is 2.39. The summed E-state index contributed by atoms with van der Waals surface area (Å²) in [7, 11) is 0. The second-order valence-corrected chi connectivity index (χ2v) is 7.12. The Bertz CT molecular complexity index is 717. The first kappa shape index (κ1) is 15.1. The van der Waals surface area contributed by atoms with Crippen molar-refractivity contribution in [3.8, 4) is 0 Å². The van der Waals surface area contributed by atoms with Crippen molar-refractivity contribution in [3.05, 3.63) is 62.6 Å². The lowest BCUT2D eigenvalue weighted by atomic mass is 9.97. The van der Waals surface area contributed by atoms with E-state index in [1.54, 1.807) is 0 Å². The zero-order valence-electron chi connectivity index (χ0n) is 11.0. The SMILES string of the molecule is O=C1CCc2cc(C(Br)c3cccc(Br)c3Cl)ccc2N1. The van der Waals surface area contributed by atoms with Gasteiger partial charge < -0.3 is 5.32 Å². The average Bonchev–Trinajstić information content (AvgIpc) is 2.49. The van der Waals surface area contributed by atoms with E-state index >= 15 is 0 Å². The number of carbonyl (C=O) groups excluding carboxylic acids is 1. The van der Waals surface area contributed by atoms with Crippen LogP contribution in [-0.2, 0) is 11.2 Å². The van der Waals surface area contributed by atoms with Crippen LogP contribution >= 0.6 is 43.5 Å². The molecule has 2 aromatic rings.